The molecule has 142 valence electrons. The minimum absolute atomic E-state index is 0.154. The fourth-order valence-corrected chi connectivity index (χ4v) is 3.66. The molecule has 4 rings (SSSR count). The van der Waals surface area contributed by atoms with Gasteiger partial charge in [0.05, 0.1) is 0 Å². The average molecular weight is 366 g/mol. The molecule has 2 aromatic rings. The van der Waals surface area contributed by atoms with Crippen molar-refractivity contribution in [3.05, 3.63) is 59.7 Å². The van der Waals surface area contributed by atoms with Gasteiger partial charge in [0.2, 0.25) is 6.10 Å². The SMILES string of the molecule is CC1Oc2ccccc2OC1C(=O)NCc1ccc(CN2CCCC2)cc1. The van der Waals surface area contributed by atoms with E-state index in [0.29, 0.717) is 18.0 Å². The van der Waals surface area contributed by atoms with Gasteiger partial charge in [-0.25, -0.2) is 0 Å². The summed E-state index contributed by atoms with van der Waals surface area (Å²) < 4.78 is 11.7. The topological polar surface area (TPSA) is 50.8 Å². The van der Waals surface area contributed by atoms with E-state index < -0.39 is 6.10 Å². The predicted molar refractivity (Wildman–Crippen MR) is 104 cm³/mol. The number of hydrogen-bond donors (Lipinski definition) is 1. The molecule has 0 aliphatic carbocycles. The van der Waals surface area contributed by atoms with E-state index in [0.717, 1.165) is 12.1 Å². The number of para-hydroxylation sites is 2. The van der Waals surface area contributed by atoms with E-state index in [4.69, 9.17) is 9.47 Å². The van der Waals surface area contributed by atoms with Gasteiger partial charge in [-0.1, -0.05) is 36.4 Å². The quantitative estimate of drug-likeness (QED) is 0.883. The summed E-state index contributed by atoms with van der Waals surface area (Å²) in [6, 6.07) is 15.9. The number of benzene rings is 2. The number of carbonyl (C=O) groups excluding carboxylic acids is 1. The Morgan fingerprint density at radius 3 is 2.33 bits per heavy atom. The van der Waals surface area contributed by atoms with Crippen LogP contribution in [0, 0.1) is 0 Å². The van der Waals surface area contributed by atoms with E-state index in [1.54, 1.807) is 0 Å². The maximum absolute atomic E-state index is 12.6. The summed E-state index contributed by atoms with van der Waals surface area (Å²) in [5.41, 5.74) is 2.40. The molecule has 1 fully saturated rings. The number of ether oxygens (including phenoxy) is 2. The highest BCUT2D eigenvalue weighted by molar-refractivity contribution is 5.82. The zero-order valence-electron chi connectivity index (χ0n) is 15.7. The molecule has 0 saturated carbocycles. The number of rotatable bonds is 5. The predicted octanol–water partition coefficient (Wildman–Crippen LogP) is 3.13. The van der Waals surface area contributed by atoms with Gasteiger partial charge in [-0.05, 0) is 56.1 Å². The number of hydrogen-bond acceptors (Lipinski definition) is 4. The van der Waals surface area contributed by atoms with Crippen LogP contribution in [0.2, 0.25) is 0 Å². The van der Waals surface area contributed by atoms with Gasteiger partial charge in [-0.3, -0.25) is 9.69 Å². The summed E-state index contributed by atoms with van der Waals surface area (Å²) >= 11 is 0. The van der Waals surface area contributed by atoms with Gasteiger partial charge in [0, 0.05) is 13.1 Å². The highest BCUT2D eigenvalue weighted by Crippen LogP contribution is 2.33. The molecule has 5 heteroatoms. The molecule has 1 saturated heterocycles. The van der Waals surface area contributed by atoms with Crippen LogP contribution >= 0.6 is 0 Å². The molecule has 2 unspecified atom stereocenters. The van der Waals surface area contributed by atoms with E-state index in [9.17, 15) is 4.79 Å². The molecule has 0 radical (unpaired) electrons. The fraction of sp³-hybridized carbons (Fsp3) is 0.409. The summed E-state index contributed by atoms with van der Waals surface area (Å²) in [6.07, 6.45) is 1.64. The molecule has 1 N–H and O–H groups in total. The first-order valence-corrected chi connectivity index (χ1v) is 9.69. The Morgan fingerprint density at radius 2 is 1.63 bits per heavy atom. The first kappa shape index (κ1) is 17.9. The van der Waals surface area contributed by atoms with E-state index in [2.05, 4.69) is 34.5 Å². The maximum atomic E-state index is 12.6. The lowest BCUT2D eigenvalue weighted by molar-refractivity contribution is -0.133. The molecule has 2 aromatic carbocycles. The van der Waals surface area contributed by atoms with Crippen molar-refractivity contribution in [1.29, 1.82) is 0 Å². The molecule has 5 nitrogen and oxygen atoms in total. The first-order valence-electron chi connectivity index (χ1n) is 9.69. The van der Waals surface area contributed by atoms with E-state index in [1.165, 1.54) is 31.5 Å². The van der Waals surface area contributed by atoms with Crippen LogP contribution < -0.4 is 14.8 Å². The van der Waals surface area contributed by atoms with Gasteiger partial charge in [-0.15, -0.1) is 0 Å². The summed E-state index contributed by atoms with van der Waals surface area (Å²) in [6.45, 7) is 5.74. The van der Waals surface area contributed by atoms with Gasteiger partial charge < -0.3 is 14.8 Å². The van der Waals surface area contributed by atoms with Crippen molar-refractivity contribution in [1.82, 2.24) is 10.2 Å². The highest BCUT2D eigenvalue weighted by Gasteiger charge is 2.33. The van der Waals surface area contributed by atoms with Crippen LogP contribution in [0.25, 0.3) is 0 Å². The van der Waals surface area contributed by atoms with Crippen LogP contribution in [0.5, 0.6) is 11.5 Å². The second-order valence-corrected chi connectivity index (χ2v) is 7.33. The number of nitrogens with zero attached hydrogens (tertiary/aromatic N) is 1. The molecule has 2 atom stereocenters. The lowest BCUT2D eigenvalue weighted by Gasteiger charge is -2.31. The number of nitrogens with one attached hydrogen (secondary N) is 1. The summed E-state index contributed by atoms with van der Waals surface area (Å²) in [7, 11) is 0. The van der Waals surface area contributed by atoms with E-state index in [1.807, 2.05) is 31.2 Å². The minimum atomic E-state index is -0.644. The molecule has 2 aliphatic heterocycles. The number of fused-ring (bicyclic) bond motifs is 1. The van der Waals surface area contributed by atoms with Gasteiger partial charge in [0.25, 0.3) is 5.91 Å². The van der Waals surface area contributed by atoms with Crippen molar-refractivity contribution in [3.63, 3.8) is 0 Å². The zero-order valence-corrected chi connectivity index (χ0v) is 15.7. The van der Waals surface area contributed by atoms with Crippen LogP contribution in [0.4, 0.5) is 0 Å². The van der Waals surface area contributed by atoms with E-state index in [-0.39, 0.29) is 12.0 Å². The molecule has 1 amide bonds. The Balaban J connectivity index is 1.31. The van der Waals surface area contributed by atoms with Crippen molar-refractivity contribution in [3.8, 4) is 11.5 Å². The Morgan fingerprint density at radius 1 is 1.00 bits per heavy atom. The Labute approximate surface area is 160 Å². The summed E-state index contributed by atoms with van der Waals surface area (Å²) in [5.74, 6) is 1.14. The third-order valence-corrected chi connectivity index (χ3v) is 5.20. The standard InChI is InChI=1S/C22H26N2O3/c1-16-21(27-20-7-3-2-6-19(20)26-16)22(25)23-14-17-8-10-18(11-9-17)15-24-12-4-5-13-24/h2-3,6-11,16,21H,4-5,12-15H2,1H3,(H,23,25). The second kappa shape index (κ2) is 8.01. The van der Waals surface area contributed by atoms with Gasteiger partial charge >= 0.3 is 0 Å². The molecule has 0 bridgehead atoms. The highest BCUT2D eigenvalue weighted by atomic mass is 16.6. The third kappa shape index (κ3) is 4.25. The van der Waals surface area contributed by atoms with Crippen molar-refractivity contribution in [2.45, 2.75) is 45.1 Å². The average Bonchev–Trinajstić information content (AvgIpc) is 3.19. The van der Waals surface area contributed by atoms with Crippen LogP contribution in [-0.4, -0.2) is 36.1 Å². The van der Waals surface area contributed by atoms with Crippen LogP contribution in [0.15, 0.2) is 48.5 Å². The van der Waals surface area contributed by atoms with Crippen LogP contribution in [0.1, 0.15) is 30.9 Å². The maximum Gasteiger partial charge on any atom is 0.265 e. The van der Waals surface area contributed by atoms with Crippen molar-refractivity contribution in [2.24, 2.45) is 0 Å². The molecule has 27 heavy (non-hydrogen) atoms. The lowest BCUT2D eigenvalue weighted by Crippen LogP contribution is -2.48. The molecule has 0 spiro atoms. The molecule has 0 aromatic heterocycles. The van der Waals surface area contributed by atoms with E-state index >= 15 is 0 Å². The van der Waals surface area contributed by atoms with Gasteiger partial charge in [0.15, 0.2) is 11.5 Å². The Hall–Kier alpha value is -2.53. The molecular weight excluding hydrogens is 340 g/mol. The molecule has 2 heterocycles. The van der Waals surface area contributed by atoms with Crippen molar-refractivity contribution in [2.75, 3.05) is 13.1 Å². The van der Waals surface area contributed by atoms with Crippen LogP contribution in [-0.2, 0) is 17.9 Å². The van der Waals surface area contributed by atoms with Crippen molar-refractivity contribution < 1.29 is 14.3 Å². The first-order chi connectivity index (χ1) is 13.2. The summed E-state index contributed by atoms with van der Waals surface area (Å²) in [5, 5.41) is 2.97. The normalized spacial score (nSPS) is 21.8. The number of carbonyl (C=O) groups is 1. The van der Waals surface area contributed by atoms with Crippen molar-refractivity contribution >= 4 is 5.91 Å². The fourth-order valence-electron chi connectivity index (χ4n) is 3.66. The monoisotopic (exact) mass is 366 g/mol. The Kier molecular flexibility index (Phi) is 5.30. The third-order valence-electron chi connectivity index (χ3n) is 5.20. The molecular formula is C22H26N2O3. The smallest absolute Gasteiger partial charge is 0.265 e. The zero-order chi connectivity index (χ0) is 18.6. The van der Waals surface area contributed by atoms with Gasteiger partial charge in [0.1, 0.15) is 6.10 Å². The number of amides is 1. The largest absolute Gasteiger partial charge is 0.482 e. The second-order valence-electron chi connectivity index (χ2n) is 7.33. The lowest BCUT2D eigenvalue weighted by atomic mass is 10.1. The minimum Gasteiger partial charge on any atom is -0.482 e. The Bertz CT molecular complexity index is 784. The van der Waals surface area contributed by atoms with Crippen LogP contribution in [0.3, 0.4) is 0 Å². The number of likely N-dealkylation sites (tertiary alicyclic amines) is 1. The molecule has 2 aliphatic rings. The van der Waals surface area contributed by atoms with Gasteiger partial charge in [-0.2, -0.15) is 0 Å². The summed E-state index contributed by atoms with van der Waals surface area (Å²) in [4.78, 5) is 15.0.